The molecule has 1 fully saturated rings. The number of hydrogen-bond donors (Lipinski definition) is 0. The Balaban J connectivity index is 1.69. The summed E-state index contributed by atoms with van der Waals surface area (Å²) in [5.74, 6) is 0.333. The lowest BCUT2D eigenvalue weighted by Crippen LogP contribution is -2.47. The van der Waals surface area contributed by atoms with Crippen molar-refractivity contribution in [2.45, 2.75) is 0 Å². The zero-order valence-electron chi connectivity index (χ0n) is 13.5. The fourth-order valence-electron chi connectivity index (χ4n) is 2.78. The number of methoxy groups -OCH3 is 1. The van der Waals surface area contributed by atoms with Gasteiger partial charge in [-0.25, -0.2) is 9.37 Å². The number of benzene rings is 1. The van der Waals surface area contributed by atoms with Gasteiger partial charge in [-0.15, -0.1) is 0 Å². The van der Waals surface area contributed by atoms with Crippen LogP contribution >= 0.6 is 11.6 Å². The summed E-state index contributed by atoms with van der Waals surface area (Å²) in [5.41, 5.74) is 0.641. The second-order valence-corrected chi connectivity index (χ2v) is 5.96. The molecule has 0 N–H and O–H groups in total. The first-order valence-corrected chi connectivity index (χ1v) is 8.01. The summed E-state index contributed by atoms with van der Waals surface area (Å²) in [6, 6.07) is 6.17. The number of nitrogens with zero attached hydrogens (tertiary/aromatic N) is 4. The first kappa shape index (κ1) is 17.2. The maximum Gasteiger partial charge on any atom is 0.289 e. The van der Waals surface area contributed by atoms with Crippen LogP contribution in [0.2, 0.25) is 5.02 Å². The lowest BCUT2D eigenvalue weighted by molar-refractivity contribution is -0.385. The van der Waals surface area contributed by atoms with E-state index in [0.717, 1.165) is 5.69 Å². The van der Waals surface area contributed by atoms with Crippen molar-refractivity contribution in [1.82, 2.24) is 4.98 Å². The molecule has 2 heterocycles. The van der Waals surface area contributed by atoms with E-state index in [0.29, 0.717) is 32.0 Å². The Morgan fingerprint density at radius 2 is 1.92 bits per heavy atom. The van der Waals surface area contributed by atoms with E-state index in [9.17, 15) is 14.5 Å². The van der Waals surface area contributed by atoms with Gasteiger partial charge in [0.1, 0.15) is 12.0 Å². The van der Waals surface area contributed by atoms with E-state index in [2.05, 4.69) is 9.88 Å². The van der Waals surface area contributed by atoms with E-state index in [1.807, 2.05) is 11.0 Å². The number of piperazine rings is 1. The molecule has 0 atom stereocenters. The van der Waals surface area contributed by atoms with E-state index >= 15 is 0 Å². The van der Waals surface area contributed by atoms with Gasteiger partial charge < -0.3 is 14.5 Å². The van der Waals surface area contributed by atoms with Crippen LogP contribution in [0.15, 0.2) is 30.5 Å². The predicted octanol–water partition coefficient (Wildman–Crippen LogP) is 3.12. The molecule has 1 saturated heterocycles. The molecule has 25 heavy (non-hydrogen) atoms. The minimum Gasteiger partial charge on any atom is -0.494 e. The Labute approximate surface area is 148 Å². The molecule has 1 aliphatic heterocycles. The Kier molecular flexibility index (Phi) is 4.89. The number of nitro groups is 1. The number of anilines is 2. The highest BCUT2D eigenvalue weighted by Crippen LogP contribution is 2.29. The summed E-state index contributed by atoms with van der Waals surface area (Å²) >= 11 is 6.13. The third-order valence-electron chi connectivity index (χ3n) is 4.10. The van der Waals surface area contributed by atoms with Crippen LogP contribution in [-0.2, 0) is 0 Å². The van der Waals surface area contributed by atoms with E-state index in [4.69, 9.17) is 16.3 Å². The fourth-order valence-corrected chi connectivity index (χ4v) is 3.06. The molecular formula is C16H16ClFN4O3. The Morgan fingerprint density at radius 1 is 1.24 bits per heavy atom. The molecule has 7 nitrogen and oxygen atoms in total. The Bertz CT molecular complexity index is 797. The lowest BCUT2D eigenvalue weighted by atomic mass is 10.2. The first-order chi connectivity index (χ1) is 12.0. The van der Waals surface area contributed by atoms with Crippen LogP contribution in [0, 0.1) is 15.9 Å². The first-order valence-electron chi connectivity index (χ1n) is 7.63. The van der Waals surface area contributed by atoms with Crippen molar-refractivity contribution in [1.29, 1.82) is 0 Å². The van der Waals surface area contributed by atoms with Crippen molar-refractivity contribution in [3.8, 4) is 5.75 Å². The van der Waals surface area contributed by atoms with Gasteiger partial charge in [-0.2, -0.15) is 0 Å². The molecule has 0 spiro atoms. The molecule has 2 aromatic rings. The van der Waals surface area contributed by atoms with Crippen molar-refractivity contribution in [3.63, 3.8) is 0 Å². The molecular weight excluding hydrogens is 351 g/mol. The summed E-state index contributed by atoms with van der Waals surface area (Å²) < 4.78 is 18.8. The van der Waals surface area contributed by atoms with Crippen LogP contribution < -0.4 is 14.5 Å². The van der Waals surface area contributed by atoms with Crippen LogP contribution in [0.3, 0.4) is 0 Å². The van der Waals surface area contributed by atoms with Gasteiger partial charge in [0.15, 0.2) is 11.6 Å². The zero-order valence-corrected chi connectivity index (χ0v) is 14.2. The van der Waals surface area contributed by atoms with E-state index in [-0.39, 0.29) is 16.5 Å². The highest BCUT2D eigenvalue weighted by Gasteiger charge is 2.22. The number of halogens is 2. The fraction of sp³-hybridized carbons (Fsp3) is 0.312. The SMILES string of the molecule is COc1ccc(N2CCN(c3ncc([N+](=O)[O-])cc3Cl)CC2)cc1F. The molecule has 132 valence electrons. The van der Waals surface area contributed by atoms with Crippen LogP contribution in [0.4, 0.5) is 21.6 Å². The summed E-state index contributed by atoms with van der Waals surface area (Å²) in [5, 5.41) is 11.0. The Hall–Kier alpha value is -2.61. The topological polar surface area (TPSA) is 71.7 Å². The average Bonchev–Trinajstić information content (AvgIpc) is 2.61. The van der Waals surface area contributed by atoms with Gasteiger partial charge >= 0.3 is 0 Å². The third kappa shape index (κ3) is 3.58. The summed E-state index contributed by atoms with van der Waals surface area (Å²) in [6.45, 7) is 2.55. The average molecular weight is 367 g/mol. The minimum atomic E-state index is -0.529. The molecule has 0 unspecified atom stereocenters. The van der Waals surface area contributed by atoms with Gasteiger partial charge in [-0.3, -0.25) is 10.1 Å². The van der Waals surface area contributed by atoms with Crippen LogP contribution in [0.25, 0.3) is 0 Å². The molecule has 0 saturated carbocycles. The Morgan fingerprint density at radius 3 is 2.48 bits per heavy atom. The van der Waals surface area contributed by atoms with Crippen molar-refractivity contribution in [3.05, 3.63) is 51.4 Å². The molecule has 3 rings (SSSR count). The summed E-state index contributed by atoms with van der Waals surface area (Å²) in [7, 11) is 1.43. The number of hydrogen-bond acceptors (Lipinski definition) is 6. The van der Waals surface area contributed by atoms with E-state index in [1.54, 1.807) is 6.07 Å². The van der Waals surface area contributed by atoms with E-state index < -0.39 is 10.7 Å². The predicted molar refractivity (Wildman–Crippen MR) is 93.3 cm³/mol. The smallest absolute Gasteiger partial charge is 0.289 e. The van der Waals surface area contributed by atoms with Crippen molar-refractivity contribution < 1.29 is 14.1 Å². The molecule has 0 aliphatic carbocycles. The van der Waals surface area contributed by atoms with Crippen LogP contribution in [0.5, 0.6) is 5.75 Å². The maximum absolute atomic E-state index is 13.9. The second kappa shape index (κ2) is 7.10. The van der Waals surface area contributed by atoms with Gasteiger partial charge in [0.25, 0.3) is 5.69 Å². The van der Waals surface area contributed by atoms with Crippen LogP contribution in [-0.4, -0.2) is 43.2 Å². The molecule has 0 amide bonds. The van der Waals surface area contributed by atoms with Gasteiger partial charge in [0.2, 0.25) is 0 Å². The standard InChI is InChI=1S/C16H16ClFN4O3/c1-25-15-3-2-11(9-14(15)18)20-4-6-21(7-5-20)16-13(17)8-12(10-19-16)22(23)24/h2-3,8-10H,4-7H2,1H3. The number of ether oxygens (including phenoxy) is 1. The monoisotopic (exact) mass is 366 g/mol. The number of aromatic nitrogens is 1. The highest BCUT2D eigenvalue weighted by atomic mass is 35.5. The molecule has 9 heteroatoms. The zero-order chi connectivity index (χ0) is 18.0. The normalized spacial score (nSPS) is 14.5. The minimum absolute atomic E-state index is 0.138. The van der Waals surface area contributed by atoms with Gasteiger partial charge in [-0.1, -0.05) is 11.6 Å². The largest absolute Gasteiger partial charge is 0.494 e. The maximum atomic E-state index is 13.9. The molecule has 1 aromatic carbocycles. The van der Waals surface area contributed by atoms with E-state index in [1.165, 1.54) is 25.4 Å². The third-order valence-corrected chi connectivity index (χ3v) is 4.38. The van der Waals surface area contributed by atoms with Crippen molar-refractivity contribution >= 4 is 28.8 Å². The lowest BCUT2D eigenvalue weighted by Gasteiger charge is -2.37. The van der Waals surface area contributed by atoms with Crippen LogP contribution in [0.1, 0.15) is 0 Å². The molecule has 0 radical (unpaired) electrons. The van der Waals surface area contributed by atoms with Crippen molar-refractivity contribution in [2.75, 3.05) is 43.1 Å². The van der Waals surface area contributed by atoms with Gasteiger partial charge in [0, 0.05) is 44.0 Å². The highest BCUT2D eigenvalue weighted by molar-refractivity contribution is 6.33. The summed E-state index contributed by atoms with van der Waals surface area (Å²) in [4.78, 5) is 18.4. The van der Waals surface area contributed by atoms with Gasteiger partial charge in [0.05, 0.1) is 17.1 Å². The quantitative estimate of drug-likeness (QED) is 0.611. The molecule has 1 aromatic heterocycles. The summed E-state index contributed by atoms with van der Waals surface area (Å²) in [6.07, 6.45) is 1.20. The second-order valence-electron chi connectivity index (χ2n) is 5.55. The number of pyridine rings is 1. The van der Waals surface area contributed by atoms with Gasteiger partial charge in [-0.05, 0) is 12.1 Å². The molecule has 1 aliphatic rings. The molecule has 0 bridgehead atoms. The van der Waals surface area contributed by atoms with Crippen molar-refractivity contribution in [2.24, 2.45) is 0 Å². The number of rotatable bonds is 4.